The molecular formula is C57H100B2N10O16. The van der Waals surface area contributed by atoms with E-state index in [1.807, 2.05) is 6.92 Å². The highest BCUT2D eigenvalue weighted by molar-refractivity contribution is 6.19. The molecule has 2 aromatic rings. The van der Waals surface area contributed by atoms with Crippen molar-refractivity contribution in [3.8, 4) is 0 Å². The number of aromatic nitrogens is 6. The summed E-state index contributed by atoms with van der Waals surface area (Å²) in [5, 5.41) is 11.1. The minimum absolute atomic E-state index is 0.0141. The molecule has 0 fully saturated rings. The van der Waals surface area contributed by atoms with Crippen molar-refractivity contribution in [1.82, 2.24) is 48.7 Å². The maximum Gasteiger partial charge on any atom is 0.407 e. The number of hydrogen-bond acceptors (Lipinski definition) is 16. The number of nitrogens with zero attached hydrogens (tertiary/aromatic N) is 6. The van der Waals surface area contributed by atoms with Crippen LogP contribution in [0.15, 0.2) is 28.8 Å². The van der Waals surface area contributed by atoms with E-state index in [9.17, 15) is 57.5 Å². The lowest BCUT2D eigenvalue weighted by Gasteiger charge is -2.14. The number of alkyl carbamates (subject to hydrolysis) is 2. The summed E-state index contributed by atoms with van der Waals surface area (Å²) < 4.78 is 27.0. The number of amides is 4. The van der Waals surface area contributed by atoms with Crippen molar-refractivity contribution in [2.24, 2.45) is 0 Å². The van der Waals surface area contributed by atoms with E-state index in [2.05, 4.69) is 26.0 Å². The number of unbranched alkanes of at least 4 members (excludes halogenated alkanes) is 18. The molecule has 480 valence electrons. The summed E-state index contributed by atoms with van der Waals surface area (Å²) in [5.74, 6) is -0.722. The van der Waals surface area contributed by atoms with Crippen LogP contribution < -0.4 is 55.4 Å². The van der Waals surface area contributed by atoms with Gasteiger partial charge < -0.3 is 40.2 Å². The highest BCUT2D eigenvalue weighted by atomic mass is 16.6. The molecule has 0 saturated heterocycles. The van der Waals surface area contributed by atoms with E-state index in [-0.39, 0.29) is 76.7 Å². The van der Waals surface area contributed by atoms with E-state index >= 15 is 0 Å². The average Bonchev–Trinajstić information content (AvgIpc) is 3.65. The molecule has 0 aliphatic heterocycles. The normalized spacial score (nSPS) is 11.0. The summed E-state index contributed by atoms with van der Waals surface area (Å²) in [6, 6.07) is 0. The van der Waals surface area contributed by atoms with E-state index in [4.69, 9.17) is 14.2 Å². The first-order valence-electron chi connectivity index (χ1n) is 31.6. The van der Waals surface area contributed by atoms with Crippen molar-refractivity contribution in [1.29, 1.82) is 0 Å². The summed E-state index contributed by atoms with van der Waals surface area (Å²) in [7, 11) is 4.91. The molecular weight excluding hydrogens is 1100 g/mol. The second kappa shape index (κ2) is 46.6. The van der Waals surface area contributed by atoms with E-state index in [0.717, 1.165) is 85.2 Å². The third kappa shape index (κ3) is 31.9. The number of esters is 2. The van der Waals surface area contributed by atoms with E-state index in [1.165, 1.54) is 7.11 Å². The van der Waals surface area contributed by atoms with Crippen molar-refractivity contribution < 1.29 is 47.7 Å². The fraction of sp³-hybridized carbons (Fsp3) is 0.789. The van der Waals surface area contributed by atoms with Gasteiger partial charge in [-0.3, -0.25) is 19.2 Å². The quantitative estimate of drug-likeness (QED) is 0.0320. The van der Waals surface area contributed by atoms with Gasteiger partial charge in [0.15, 0.2) is 0 Å². The Bertz CT molecular complexity index is 2670. The third-order valence-electron chi connectivity index (χ3n) is 14.3. The molecule has 0 aliphatic carbocycles. The molecule has 0 radical (unpaired) electrons. The molecule has 0 spiro atoms. The number of hydrogen-bond donors (Lipinski definition) is 4. The number of carbonyl (C=O) groups is 6. The summed E-state index contributed by atoms with van der Waals surface area (Å²) in [6.45, 7) is 5.11. The summed E-state index contributed by atoms with van der Waals surface area (Å²) in [4.78, 5) is 152. The predicted molar refractivity (Wildman–Crippen MR) is 328 cm³/mol. The molecule has 2 heterocycles. The van der Waals surface area contributed by atoms with Gasteiger partial charge in [0.1, 0.15) is 15.7 Å². The number of rotatable bonds is 50. The zero-order valence-corrected chi connectivity index (χ0v) is 51.6. The van der Waals surface area contributed by atoms with Crippen LogP contribution in [0.3, 0.4) is 0 Å². The zero-order valence-electron chi connectivity index (χ0n) is 51.6. The maximum absolute atomic E-state index is 13.6. The van der Waals surface area contributed by atoms with Crippen LogP contribution in [0.4, 0.5) is 9.59 Å². The van der Waals surface area contributed by atoms with Crippen LogP contribution in [0.25, 0.3) is 0 Å². The van der Waals surface area contributed by atoms with Gasteiger partial charge in [-0.05, 0) is 96.1 Å². The Hall–Kier alpha value is -6.63. The van der Waals surface area contributed by atoms with Crippen LogP contribution in [0.2, 0.25) is 12.6 Å². The van der Waals surface area contributed by atoms with Crippen LogP contribution in [-0.4, -0.2) is 132 Å². The first-order valence-corrected chi connectivity index (χ1v) is 31.6. The first-order chi connectivity index (χ1) is 41.1. The number of ether oxygens (including phenoxy) is 4. The van der Waals surface area contributed by atoms with Crippen LogP contribution >= 0.6 is 0 Å². The van der Waals surface area contributed by atoms with Crippen molar-refractivity contribution in [3.05, 3.63) is 62.9 Å². The Kier molecular flexibility index (Phi) is 40.9. The molecule has 0 unspecified atom stereocenters. The number of carbonyl (C=O) groups excluding carboxylic acids is 6. The molecule has 26 nitrogen and oxygen atoms in total. The molecule has 0 bridgehead atoms. The second-order valence-electron chi connectivity index (χ2n) is 21.3. The van der Waals surface area contributed by atoms with Gasteiger partial charge in [0, 0.05) is 84.7 Å². The summed E-state index contributed by atoms with van der Waals surface area (Å²) >= 11 is 0. The molecule has 0 aromatic carbocycles. The maximum atomic E-state index is 13.6. The second-order valence-corrected chi connectivity index (χ2v) is 21.3. The monoisotopic (exact) mass is 1200 g/mol. The van der Waals surface area contributed by atoms with Crippen LogP contribution in [0.5, 0.6) is 0 Å². The molecule has 2 aromatic heterocycles. The van der Waals surface area contributed by atoms with Crippen LogP contribution in [0, 0.1) is 0 Å². The summed E-state index contributed by atoms with van der Waals surface area (Å²) in [6.07, 6.45) is 16.9. The van der Waals surface area contributed by atoms with Gasteiger partial charge in [0.05, 0.1) is 26.9 Å². The largest absolute Gasteiger partial charge is 0.469 e. The van der Waals surface area contributed by atoms with Crippen molar-refractivity contribution >= 4 is 51.6 Å². The molecule has 0 atom stereocenters. The molecule has 4 amide bonds. The van der Waals surface area contributed by atoms with Gasteiger partial charge in [-0.25, -0.2) is 65.8 Å². The Morgan fingerprint density at radius 3 is 0.918 bits per heavy atom. The Morgan fingerprint density at radius 2 is 0.612 bits per heavy atom. The predicted octanol–water partition coefficient (Wildman–Crippen LogP) is 2.80. The molecule has 2 rings (SSSR count). The van der Waals surface area contributed by atoms with Crippen molar-refractivity contribution in [2.75, 3.05) is 53.1 Å². The third-order valence-corrected chi connectivity index (χ3v) is 14.3. The number of nitrogens with one attached hydrogen (secondary N) is 4. The molecule has 4 N–H and O–H groups in total. The van der Waals surface area contributed by atoms with Gasteiger partial charge in [-0.2, -0.15) is 0 Å². The Labute approximate surface area is 501 Å². The molecule has 0 saturated carbocycles. The van der Waals surface area contributed by atoms with Gasteiger partial charge in [0.2, 0.25) is 11.8 Å². The van der Waals surface area contributed by atoms with Gasteiger partial charge >= 0.3 is 58.3 Å². The topological polar surface area (TPSA) is 319 Å². The molecule has 28 heteroatoms. The van der Waals surface area contributed by atoms with Gasteiger partial charge in [0.25, 0.3) is 0 Å². The molecule has 0 aliphatic rings. The SMILES string of the molecule is BCC(=O)NCCCCCCn1c(=O)n(CCCCCCNC(=O)OCCCOC(=O)CCCCCCn2c(=O)n(CCCCCCNC(=O)CB)c(=O)n(CCCCCCNC(=O)OCCC)c2=O)c(=O)n(CCCCCCC(=O)OC)c1=O. The van der Waals surface area contributed by atoms with Crippen molar-refractivity contribution in [3.63, 3.8) is 0 Å². The van der Waals surface area contributed by atoms with Crippen LogP contribution in [-0.2, 0) is 77.4 Å². The lowest BCUT2D eigenvalue weighted by molar-refractivity contribution is -0.144. The van der Waals surface area contributed by atoms with E-state index in [0.29, 0.717) is 161 Å². The number of methoxy groups -OCH3 is 1. The highest BCUT2D eigenvalue weighted by Gasteiger charge is 2.18. The first kappa shape index (κ1) is 74.5. The fourth-order valence-corrected chi connectivity index (χ4v) is 9.26. The summed E-state index contributed by atoms with van der Waals surface area (Å²) in [5.41, 5.74) is -3.85. The highest BCUT2D eigenvalue weighted by Crippen LogP contribution is 2.08. The zero-order chi connectivity index (χ0) is 62.5. The van der Waals surface area contributed by atoms with E-state index in [1.54, 1.807) is 15.7 Å². The Balaban J connectivity index is 1.76. The van der Waals surface area contributed by atoms with Crippen molar-refractivity contribution in [2.45, 2.75) is 239 Å². The lowest BCUT2D eigenvalue weighted by Crippen LogP contribution is -2.54. The minimum atomic E-state index is -0.650. The average molecular weight is 1200 g/mol. The van der Waals surface area contributed by atoms with E-state index < -0.39 is 52.3 Å². The lowest BCUT2D eigenvalue weighted by atomic mass is 10.1. The standard InChI is InChI=1S/C57H100B2N10O16/c1-3-41-84-50(74)62-33-20-8-14-26-39-69-55(79)65(54(78)67(57(69)81)38-25-13-7-19-32-61-47(71)45-59)36-23-11-5-17-30-49(73)83-42-28-43-85-51(75)63-34-21-9-15-27-40-68-53(77)64(35-22-10-4-16-29-48(72)82-2)52(76)66(56(68)80)37-24-12-6-18-31-60-46(70)44-58/h3-45,58-59H2,1-2H3,(H,60,70)(H,61,71)(H,62,74)(H,63,75). The Morgan fingerprint density at radius 1 is 0.341 bits per heavy atom. The minimum Gasteiger partial charge on any atom is -0.469 e. The molecule has 85 heavy (non-hydrogen) atoms. The fourth-order valence-electron chi connectivity index (χ4n) is 9.26. The van der Waals surface area contributed by atoms with Gasteiger partial charge in [-0.15, -0.1) is 0 Å². The van der Waals surface area contributed by atoms with Crippen LogP contribution in [0.1, 0.15) is 187 Å². The smallest absolute Gasteiger partial charge is 0.407 e. The van der Waals surface area contributed by atoms with Gasteiger partial charge in [-0.1, -0.05) is 84.0 Å².